The maximum Gasteiger partial charge on any atom is 0.226 e. The van der Waals surface area contributed by atoms with Crippen LogP contribution in [0.15, 0.2) is 158 Å². The second-order valence-electron chi connectivity index (χ2n) is 10.3. The van der Waals surface area contributed by atoms with Gasteiger partial charge in [-0.2, -0.15) is 9.97 Å². The Morgan fingerprint density at radius 2 is 0.605 bits per heavy atom. The molecule has 0 aliphatic rings. The van der Waals surface area contributed by atoms with Crippen molar-refractivity contribution in [2.24, 2.45) is 0 Å². The van der Waals surface area contributed by atoms with E-state index in [1.54, 1.807) is 0 Å². The minimum absolute atomic E-state index is 0.163. The summed E-state index contributed by atoms with van der Waals surface area (Å²) in [5, 5.41) is 0.163. The summed E-state index contributed by atoms with van der Waals surface area (Å²) < 4.78 is 0. The predicted molar refractivity (Wildman–Crippen MR) is 177 cm³/mol. The summed E-state index contributed by atoms with van der Waals surface area (Å²) in [4.78, 5) is 13.8. The molecule has 7 rings (SSSR count). The fourth-order valence-corrected chi connectivity index (χ4v) is 5.44. The van der Waals surface area contributed by atoms with Crippen LogP contribution in [0, 0.1) is 0 Å². The third-order valence-corrected chi connectivity index (χ3v) is 7.65. The van der Waals surface area contributed by atoms with E-state index >= 15 is 0 Å². The summed E-state index contributed by atoms with van der Waals surface area (Å²) in [5.41, 5.74) is 11.0. The Kier molecular flexibility index (Phi) is 7.31. The minimum atomic E-state index is 0.163. The molecule has 4 heteroatoms. The number of hydrogen-bond acceptors (Lipinski definition) is 3. The van der Waals surface area contributed by atoms with Crippen LogP contribution in [0.5, 0.6) is 0 Å². The fourth-order valence-electron chi connectivity index (χ4n) is 5.28. The highest BCUT2D eigenvalue weighted by molar-refractivity contribution is 6.28. The van der Waals surface area contributed by atoms with Crippen molar-refractivity contribution in [1.29, 1.82) is 0 Å². The Bertz CT molecular complexity index is 2020. The smallest absolute Gasteiger partial charge is 0.208 e. The molecule has 7 aromatic rings. The van der Waals surface area contributed by atoms with E-state index in [4.69, 9.17) is 16.6 Å². The summed E-state index contributed by atoms with van der Waals surface area (Å²) in [6, 6.07) is 54.4. The van der Waals surface area contributed by atoms with Crippen molar-refractivity contribution in [2.75, 3.05) is 0 Å². The molecule has 0 atom stereocenters. The fraction of sp³-hybridized carbons (Fsp3) is 0. The topological polar surface area (TPSA) is 38.7 Å². The van der Waals surface area contributed by atoms with E-state index < -0.39 is 0 Å². The molecule has 3 nitrogen and oxygen atoms in total. The maximum absolute atomic E-state index is 6.44. The first-order chi connectivity index (χ1) is 21.2. The molecule has 0 unspecified atom stereocenters. The van der Waals surface area contributed by atoms with E-state index in [-0.39, 0.29) is 5.28 Å². The zero-order chi connectivity index (χ0) is 29.0. The zero-order valence-corrected chi connectivity index (χ0v) is 24.0. The van der Waals surface area contributed by atoms with Crippen LogP contribution in [0.2, 0.25) is 5.28 Å². The number of nitrogens with zero attached hydrogens (tertiary/aromatic N) is 3. The Labute approximate surface area is 256 Å². The molecule has 0 aliphatic heterocycles. The van der Waals surface area contributed by atoms with Gasteiger partial charge in [0.05, 0.1) is 0 Å². The number of rotatable bonds is 6. The first kappa shape index (κ1) is 26.5. The lowest BCUT2D eigenvalue weighted by atomic mass is 9.98. The second kappa shape index (κ2) is 11.8. The lowest BCUT2D eigenvalue weighted by Gasteiger charge is -2.09. The van der Waals surface area contributed by atoms with Gasteiger partial charge >= 0.3 is 0 Å². The Morgan fingerprint density at radius 3 is 1.09 bits per heavy atom. The Morgan fingerprint density at radius 1 is 0.279 bits per heavy atom. The first-order valence-electron chi connectivity index (χ1n) is 14.1. The van der Waals surface area contributed by atoms with Gasteiger partial charge in [0.2, 0.25) is 5.28 Å². The molecule has 0 N–H and O–H groups in total. The molecule has 204 valence electrons. The van der Waals surface area contributed by atoms with Crippen molar-refractivity contribution in [3.05, 3.63) is 163 Å². The van der Waals surface area contributed by atoms with Crippen LogP contribution in [-0.2, 0) is 0 Å². The molecule has 0 fully saturated rings. The van der Waals surface area contributed by atoms with Gasteiger partial charge in [0.15, 0.2) is 11.6 Å². The molecule has 0 amide bonds. The molecule has 1 heterocycles. The Balaban J connectivity index is 1.18. The third kappa shape index (κ3) is 5.85. The van der Waals surface area contributed by atoms with E-state index in [1.807, 2.05) is 36.4 Å². The lowest BCUT2D eigenvalue weighted by molar-refractivity contribution is 1.07. The maximum atomic E-state index is 6.44. The molecule has 0 saturated heterocycles. The minimum Gasteiger partial charge on any atom is -0.208 e. The zero-order valence-electron chi connectivity index (χ0n) is 23.2. The largest absolute Gasteiger partial charge is 0.226 e. The van der Waals surface area contributed by atoms with Gasteiger partial charge in [0.1, 0.15) is 0 Å². The average molecular weight is 572 g/mol. The van der Waals surface area contributed by atoms with Gasteiger partial charge < -0.3 is 0 Å². The highest BCUT2D eigenvalue weighted by atomic mass is 35.5. The monoisotopic (exact) mass is 571 g/mol. The van der Waals surface area contributed by atoms with Crippen LogP contribution in [-0.4, -0.2) is 15.0 Å². The summed E-state index contributed by atoms with van der Waals surface area (Å²) in [7, 11) is 0. The second-order valence-corrected chi connectivity index (χ2v) is 10.6. The quantitative estimate of drug-likeness (QED) is 0.199. The molecule has 0 saturated carbocycles. The molecule has 0 aliphatic carbocycles. The number of halogens is 1. The van der Waals surface area contributed by atoms with Crippen LogP contribution >= 0.6 is 11.6 Å². The van der Waals surface area contributed by atoms with Gasteiger partial charge in [0.25, 0.3) is 0 Å². The van der Waals surface area contributed by atoms with Gasteiger partial charge in [-0.15, -0.1) is 0 Å². The standard InChI is InChI=1S/C39H26ClN3/c40-39-42-37(30-22-20-29(21-23-30)33-16-7-14-31(24-33)27-10-3-1-4-11-27)41-38(43-39)36-19-9-18-35(26-36)34-17-8-15-32(25-34)28-12-5-2-6-13-28/h1-26H. The first-order valence-corrected chi connectivity index (χ1v) is 14.5. The van der Waals surface area contributed by atoms with Gasteiger partial charge in [-0.3, -0.25) is 0 Å². The molecular formula is C39H26ClN3. The van der Waals surface area contributed by atoms with Crippen LogP contribution in [0.3, 0.4) is 0 Å². The molecular weight excluding hydrogens is 546 g/mol. The van der Waals surface area contributed by atoms with Crippen molar-refractivity contribution in [1.82, 2.24) is 15.0 Å². The summed E-state index contributed by atoms with van der Waals surface area (Å²) >= 11 is 6.44. The third-order valence-electron chi connectivity index (χ3n) is 7.48. The van der Waals surface area contributed by atoms with Gasteiger partial charge in [0, 0.05) is 11.1 Å². The highest BCUT2D eigenvalue weighted by Crippen LogP contribution is 2.31. The molecule has 0 radical (unpaired) electrons. The van der Waals surface area contributed by atoms with Gasteiger partial charge in [-0.1, -0.05) is 140 Å². The molecule has 1 aromatic heterocycles. The average Bonchev–Trinajstić information content (AvgIpc) is 3.09. The summed E-state index contributed by atoms with van der Waals surface area (Å²) in [6.07, 6.45) is 0. The van der Waals surface area contributed by atoms with Crippen LogP contribution in [0.25, 0.3) is 67.3 Å². The van der Waals surface area contributed by atoms with E-state index in [1.165, 1.54) is 22.3 Å². The SMILES string of the molecule is Clc1nc(-c2ccc(-c3cccc(-c4ccccc4)c3)cc2)nc(-c2cccc(-c3cccc(-c4ccccc4)c3)c2)n1. The number of aromatic nitrogens is 3. The number of hydrogen-bond donors (Lipinski definition) is 0. The van der Waals surface area contributed by atoms with Crippen LogP contribution in [0.4, 0.5) is 0 Å². The van der Waals surface area contributed by atoms with E-state index in [0.717, 1.165) is 33.4 Å². The Hall–Kier alpha value is -5.38. The van der Waals surface area contributed by atoms with Crippen LogP contribution < -0.4 is 0 Å². The van der Waals surface area contributed by atoms with E-state index in [2.05, 4.69) is 131 Å². The van der Waals surface area contributed by atoms with Crippen molar-refractivity contribution in [2.45, 2.75) is 0 Å². The molecule has 6 aromatic carbocycles. The highest BCUT2D eigenvalue weighted by Gasteiger charge is 2.12. The normalized spacial score (nSPS) is 10.9. The van der Waals surface area contributed by atoms with Crippen LogP contribution in [0.1, 0.15) is 0 Å². The molecule has 0 bridgehead atoms. The van der Waals surface area contributed by atoms with Crippen molar-refractivity contribution >= 4 is 11.6 Å². The number of benzene rings is 6. The van der Waals surface area contributed by atoms with Gasteiger partial charge in [-0.25, -0.2) is 4.98 Å². The van der Waals surface area contributed by atoms with E-state index in [9.17, 15) is 0 Å². The van der Waals surface area contributed by atoms with Gasteiger partial charge in [-0.05, 0) is 74.3 Å². The molecule has 0 spiro atoms. The predicted octanol–water partition coefficient (Wildman–Crippen LogP) is 10.5. The van der Waals surface area contributed by atoms with Crippen molar-refractivity contribution in [3.8, 4) is 67.3 Å². The van der Waals surface area contributed by atoms with Crippen molar-refractivity contribution in [3.63, 3.8) is 0 Å². The summed E-state index contributed by atoms with van der Waals surface area (Å²) in [5.74, 6) is 1.08. The van der Waals surface area contributed by atoms with E-state index in [0.29, 0.717) is 11.6 Å². The van der Waals surface area contributed by atoms with Crippen molar-refractivity contribution < 1.29 is 0 Å². The molecule has 43 heavy (non-hydrogen) atoms. The lowest BCUT2D eigenvalue weighted by Crippen LogP contribution is -1.97. The summed E-state index contributed by atoms with van der Waals surface area (Å²) in [6.45, 7) is 0.